The van der Waals surface area contributed by atoms with Crippen molar-refractivity contribution in [1.82, 2.24) is 4.40 Å². The van der Waals surface area contributed by atoms with Gasteiger partial charge in [-0.15, -0.1) is 0 Å². The SMILES string of the molecule is Cc1cc2ccccn2c1C(C)CC(=O)O. The summed E-state index contributed by atoms with van der Waals surface area (Å²) in [7, 11) is 0. The van der Waals surface area contributed by atoms with E-state index in [-0.39, 0.29) is 12.3 Å². The second kappa shape index (κ2) is 4.00. The van der Waals surface area contributed by atoms with Gasteiger partial charge in [-0.25, -0.2) is 0 Å². The number of aliphatic carboxylic acids is 1. The molecule has 0 saturated heterocycles. The highest BCUT2D eigenvalue weighted by molar-refractivity contribution is 5.68. The monoisotopic (exact) mass is 217 g/mol. The summed E-state index contributed by atoms with van der Waals surface area (Å²) in [5.74, 6) is -0.722. The van der Waals surface area contributed by atoms with Crippen molar-refractivity contribution < 1.29 is 9.90 Å². The molecule has 2 heterocycles. The smallest absolute Gasteiger partial charge is 0.304 e. The normalized spacial score (nSPS) is 12.9. The molecule has 3 nitrogen and oxygen atoms in total. The van der Waals surface area contributed by atoms with Gasteiger partial charge < -0.3 is 9.51 Å². The number of carbonyl (C=O) groups is 1. The molecule has 0 bridgehead atoms. The predicted molar refractivity (Wildman–Crippen MR) is 62.8 cm³/mol. The summed E-state index contributed by atoms with van der Waals surface area (Å²) >= 11 is 0. The van der Waals surface area contributed by atoms with Crippen molar-refractivity contribution in [3.05, 3.63) is 41.7 Å². The van der Waals surface area contributed by atoms with Crippen LogP contribution in [-0.4, -0.2) is 15.5 Å². The minimum absolute atomic E-state index is 0.0300. The molecule has 1 N–H and O–H groups in total. The minimum Gasteiger partial charge on any atom is -0.481 e. The molecule has 0 saturated carbocycles. The number of aromatic nitrogens is 1. The second-order valence-electron chi connectivity index (χ2n) is 4.21. The van der Waals surface area contributed by atoms with Crippen LogP contribution in [0, 0.1) is 6.92 Å². The summed E-state index contributed by atoms with van der Waals surface area (Å²) < 4.78 is 2.07. The molecule has 0 radical (unpaired) electrons. The number of hydrogen-bond acceptors (Lipinski definition) is 1. The number of pyridine rings is 1. The zero-order valence-electron chi connectivity index (χ0n) is 9.47. The van der Waals surface area contributed by atoms with E-state index in [9.17, 15) is 4.79 Å². The molecule has 1 unspecified atom stereocenters. The standard InChI is InChI=1S/C13H15NO2/c1-9-7-11-5-3-4-6-14(11)13(9)10(2)8-12(15)16/h3-7,10H,8H2,1-2H3,(H,15,16). The van der Waals surface area contributed by atoms with Crippen molar-refractivity contribution in [3.63, 3.8) is 0 Å². The number of carboxylic acid groups (broad SMARTS) is 1. The quantitative estimate of drug-likeness (QED) is 0.858. The topological polar surface area (TPSA) is 41.7 Å². The molecule has 2 rings (SSSR count). The average Bonchev–Trinajstić information content (AvgIpc) is 2.52. The fraction of sp³-hybridized carbons (Fsp3) is 0.308. The Bertz CT molecular complexity index is 528. The first-order valence-corrected chi connectivity index (χ1v) is 5.38. The van der Waals surface area contributed by atoms with Gasteiger partial charge in [0.2, 0.25) is 0 Å². The van der Waals surface area contributed by atoms with Crippen molar-refractivity contribution in [3.8, 4) is 0 Å². The highest BCUT2D eigenvalue weighted by Crippen LogP contribution is 2.25. The fourth-order valence-corrected chi connectivity index (χ4v) is 2.26. The van der Waals surface area contributed by atoms with Gasteiger partial charge in [0, 0.05) is 23.3 Å². The fourth-order valence-electron chi connectivity index (χ4n) is 2.26. The van der Waals surface area contributed by atoms with E-state index in [1.807, 2.05) is 38.2 Å². The molecule has 0 aromatic carbocycles. The molecular formula is C13H15NO2. The molecule has 3 heteroatoms. The van der Waals surface area contributed by atoms with Crippen LogP contribution in [0.1, 0.15) is 30.5 Å². The number of nitrogens with zero attached hydrogens (tertiary/aromatic N) is 1. The Morgan fingerprint density at radius 3 is 2.94 bits per heavy atom. The number of hydrogen-bond donors (Lipinski definition) is 1. The molecule has 0 spiro atoms. The molecule has 0 aliphatic carbocycles. The lowest BCUT2D eigenvalue weighted by Gasteiger charge is -2.11. The van der Waals surface area contributed by atoms with E-state index in [1.54, 1.807) is 0 Å². The molecule has 1 atom stereocenters. The number of rotatable bonds is 3. The van der Waals surface area contributed by atoms with Gasteiger partial charge in [-0.3, -0.25) is 4.79 Å². The lowest BCUT2D eigenvalue weighted by atomic mass is 10.0. The lowest BCUT2D eigenvalue weighted by molar-refractivity contribution is -0.137. The van der Waals surface area contributed by atoms with Crippen LogP contribution in [0.2, 0.25) is 0 Å². The van der Waals surface area contributed by atoms with Crippen LogP contribution >= 0.6 is 0 Å². The maximum atomic E-state index is 10.7. The Morgan fingerprint density at radius 1 is 1.50 bits per heavy atom. The van der Waals surface area contributed by atoms with Gasteiger partial charge in [0.25, 0.3) is 0 Å². The van der Waals surface area contributed by atoms with Crippen molar-refractivity contribution in [1.29, 1.82) is 0 Å². The van der Waals surface area contributed by atoms with E-state index in [1.165, 1.54) is 0 Å². The van der Waals surface area contributed by atoms with Crippen molar-refractivity contribution in [2.75, 3.05) is 0 Å². The first kappa shape index (κ1) is 10.7. The first-order chi connectivity index (χ1) is 7.59. The third kappa shape index (κ3) is 1.81. The molecule has 16 heavy (non-hydrogen) atoms. The predicted octanol–water partition coefficient (Wildman–Crippen LogP) is 2.83. The summed E-state index contributed by atoms with van der Waals surface area (Å²) in [5.41, 5.74) is 3.37. The van der Waals surface area contributed by atoms with Crippen LogP contribution in [0.5, 0.6) is 0 Å². The average molecular weight is 217 g/mol. The molecule has 0 aliphatic heterocycles. The Kier molecular flexibility index (Phi) is 2.69. The molecule has 84 valence electrons. The summed E-state index contributed by atoms with van der Waals surface area (Å²) in [5, 5.41) is 8.84. The van der Waals surface area contributed by atoms with Crippen LogP contribution in [0.15, 0.2) is 30.5 Å². The molecule has 2 aromatic heterocycles. The Labute approximate surface area is 94.3 Å². The van der Waals surface area contributed by atoms with Gasteiger partial charge in [0.1, 0.15) is 0 Å². The molecule has 2 aromatic rings. The van der Waals surface area contributed by atoms with E-state index < -0.39 is 5.97 Å². The number of fused-ring (bicyclic) bond motifs is 1. The van der Waals surface area contributed by atoms with Gasteiger partial charge >= 0.3 is 5.97 Å². The lowest BCUT2D eigenvalue weighted by Crippen LogP contribution is -2.06. The largest absolute Gasteiger partial charge is 0.481 e. The van der Waals surface area contributed by atoms with Gasteiger partial charge in [0.05, 0.1) is 6.42 Å². The maximum absolute atomic E-state index is 10.7. The van der Waals surface area contributed by atoms with Gasteiger partial charge in [-0.05, 0) is 30.7 Å². The summed E-state index contributed by atoms with van der Waals surface area (Å²) in [6, 6.07) is 8.07. The van der Waals surface area contributed by atoms with Crippen LogP contribution in [0.3, 0.4) is 0 Å². The number of aryl methyl sites for hydroxylation is 1. The van der Waals surface area contributed by atoms with Gasteiger partial charge in [0.15, 0.2) is 0 Å². The van der Waals surface area contributed by atoms with E-state index in [4.69, 9.17) is 5.11 Å². The molecular weight excluding hydrogens is 202 g/mol. The van der Waals surface area contributed by atoms with Gasteiger partial charge in [-0.1, -0.05) is 13.0 Å². The third-order valence-corrected chi connectivity index (χ3v) is 2.87. The first-order valence-electron chi connectivity index (χ1n) is 5.38. The van der Waals surface area contributed by atoms with Crippen LogP contribution in [0.4, 0.5) is 0 Å². The van der Waals surface area contributed by atoms with E-state index >= 15 is 0 Å². The summed E-state index contributed by atoms with van der Waals surface area (Å²) in [6.07, 6.45) is 2.15. The highest BCUT2D eigenvalue weighted by atomic mass is 16.4. The number of carboxylic acids is 1. The van der Waals surface area contributed by atoms with Crippen molar-refractivity contribution in [2.45, 2.75) is 26.2 Å². The van der Waals surface area contributed by atoms with Crippen LogP contribution < -0.4 is 0 Å². The highest BCUT2D eigenvalue weighted by Gasteiger charge is 2.16. The van der Waals surface area contributed by atoms with E-state index in [0.717, 1.165) is 16.8 Å². The van der Waals surface area contributed by atoms with E-state index in [0.29, 0.717) is 0 Å². The molecule has 0 amide bonds. The Hall–Kier alpha value is -1.77. The van der Waals surface area contributed by atoms with Gasteiger partial charge in [-0.2, -0.15) is 0 Å². The molecule has 0 fully saturated rings. The zero-order valence-corrected chi connectivity index (χ0v) is 9.47. The minimum atomic E-state index is -0.752. The van der Waals surface area contributed by atoms with Crippen molar-refractivity contribution >= 4 is 11.5 Å². The van der Waals surface area contributed by atoms with Crippen LogP contribution in [0.25, 0.3) is 5.52 Å². The van der Waals surface area contributed by atoms with E-state index in [2.05, 4.69) is 10.5 Å². The second-order valence-corrected chi connectivity index (χ2v) is 4.21. The molecule has 0 aliphatic rings. The Balaban J connectivity index is 2.50. The summed E-state index contributed by atoms with van der Waals surface area (Å²) in [4.78, 5) is 10.7. The third-order valence-electron chi connectivity index (χ3n) is 2.87. The van der Waals surface area contributed by atoms with Crippen LogP contribution in [-0.2, 0) is 4.79 Å². The Morgan fingerprint density at radius 2 is 2.25 bits per heavy atom. The van der Waals surface area contributed by atoms with Crippen molar-refractivity contribution in [2.24, 2.45) is 0 Å². The zero-order chi connectivity index (χ0) is 11.7. The summed E-state index contributed by atoms with van der Waals surface area (Å²) in [6.45, 7) is 3.98. The maximum Gasteiger partial charge on any atom is 0.304 e.